The van der Waals surface area contributed by atoms with Gasteiger partial charge in [-0.15, -0.1) is 0 Å². The third-order valence-electron chi connectivity index (χ3n) is 6.70. The fourth-order valence-electron chi connectivity index (χ4n) is 4.74. The fraction of sp³-hybridized carbons (Fsp3) is 0.500. The number of carbonyl (C=O) groups excluding carboxylic acids is 3. The van der Waals surface area contributed by atoms with Gasteiger partial charge in [-0.1, -0.05) is 55.5 Å². The lowest BCUT2D eigenvalue weighted by molar-refractivity contribution is -0.134. The van der Waals surface area contributed by atoms with Crippen LogP contribution in [0.5, 0.6) is 0 Å². The number of hydrogen-bond donors (Lipinski definition) is 1. The average molecular weight is 473 g/mol. The summed E-state index contributed by atoms with van der Waals surface area (Å²) in [5.74, 6) is -1.37. The van der Waals surface area contributed by atoms with E-state index in [1.54, 1.807) is 17.6 Å². The van der Waals surface area contributed by atoms with Gasteiger partial charge in [0.15, 0.2) is 5.69 Å². The fourth-order valence-corrected chi connectivity index (χ4v) is 4.94. The Kier molecular flexibility index (Phi) is 6.74. The highest BCUT2D eigenvalue weighted by molar-refractivity contribution is 6.31. The van der Waals surface area contributed by atoms with Gasteiger partial charge in [-0.3, -0.25) is 9.59 Å². The molecular weight excluding hydrogens is 444 g/mol. The van der Waals surface area contributed by atoms with Crippen molar-refractivity contribution in [1.29, 1.82) is 0 Å². The molecule has 1 aromatic carbocycles. The second-order valence-corrected chi connectivity index (χ2v) is 9.39. The van der Waals surface area contributed by atoms with E-state index in [0.717, 1.165) is 25.7 Å². The van der Waals surface area contributed by atoms with Crippen LogP contribution in [0, 0.1) is 0 Å². The largest absolute Gasteiger partial charge is 0.464 e. The van der Waals surface area contributed by atoms with E-state index in [1.807, 2.05) is 18.2 Å². The number of ether oxygens (including phenoxy) is 1. The normalized spacial score (nSPS) is 21.3. The Morgan fingerprint density at radius 1 is 1.21 bits per heavy atom. The van der Waals surface area contributed by atoms with Gasteiger partial charge < -0.3 is 19.5 Å². The van der Waals surface area contributed by atoms with Gasteiger partial charge in [-0.05, 0) is 31.4 Å². The van der Waals surface area contributed by atoms with E-state index >= 15 is 0 Å². The third kappa shape index (κ3) is 4.49. The Labute approximate surface area is 198 Å². The molecule has 2 aliphatic rings. The Balaban J connectivity index is 1.71. The number of rotatable bonds is 5. The predicted octanol–water partition coefficient (Wildman–Crippen LogP) is 3.58. The monoisotopic (exact) mass is 472 g/mol. The lowest BCUT2D eigenvalue weighted by Gasteiger charge is -2.44. The summed E-state index contributed by atoms with van der Waals surface area (Å²) in [4.78, 5) is 45.3. The number of nitrogens with one attached hydrogen (secondary N) is 1. The van der Waals surface area contributed by atoms with Gasteiger partial charge in [-0.25, -0.2) is 9.78 Å². The molecule has 0 saturated heterocycles. The van der Waals surface area contributed by atoms with Gasteiger partial charge >= 0.3 is 5.97 Å². The van der Waals surface area contributed by atoms with E-state index in [2.05, 4.69) is 10.3 Å². The molecule has 176 valence electrons. The summed E-state index contributed by atoms with van der Waals surface area (Å²) in [6.07, 6.45) is 7.80. The van der Waals surface area contributed by atoms with Gasteiger partial charge in [0, 0.05) is 17.6 Å². The van der Waals surface area contributed by atoms with Crippen molar-refractivity contribution in [2.75, 3.05) is 7.11 Å². The number of aromatic nitrogens is 2. The van der Waals surface area contributed by atoms with Crippen molar-refractivity contribution in [3.8, 4) is 0 Å². The lowest BCUT2D eigenvalue weighted by Crippen LogP contribution is -2.64. The third-order valence-corrected chi connectivity index (χ3v) is 7.07. The Hall–Kier alpha value is -2.87. The van der Waals surface area contributed by atoms with E-state index < -0.39 is 17.4 Å². The average Bonchev–Trinajstić information content (AvgIpc) is 3.05. The van der Waals surface area contributed by atoms with Crippen LogP contribution in [0.3, 0.4) is 0 Å². The van der Waals surface area contributed by atoms with Crippen molar-refractivity contribution in [2.45, 2.75) is 70.1 Å². The second kappa shape index (κ2) is 9.55. The minimum Gasteiger partial charge on any atom is -0.464 e. The van der Waals surface area contributed by atoms with E-state index in [4.69, 9.17) is 16.3 Å². The van der Waals surface area contributed by atoms with Gasteiger partial charge in [0.2, 0.25) is 5.91 Å². The summed E-state index contributed by atoms with van der Waals surface area (Å²) in [5.41, 5.74) is -0.413. The van der Waals surface area contributed by atoms with E-state index in [9.17, 15) is 14.4 Å². The Morgan fingerprint density at radius 2 is 1.91 bits per heavy atom. The summed E-state index contributed by atoms with van der Waals surface area (Å²) in [6.45, 7) is 2.05. The minimum atomic E-state index is -1.19. The van der Waals surface area contributed by atoms with Crippen LogP contribution < -0.4 is 5.32 Å². The molecule has 0 bridgehead atoms. The van der Waals surface area contributed by atoms with Gasteiger partial charge in [-0.2, -0.15) is 0 Å². The topological polar surface area (TPSA) is 93.5 Å². The van der Waals surface area contributed by atoms with Crippen LogP contribution in [0.25, 0.3) is 0 Å². The highest BCUT2D eigenvalue weighted by Crippen LogP contribution is 2.32. The molecule has 9 heteroatoms. The molecule has 2 heterocycles. The molecule has 1 aromatic heterocycles. The van der Waals surface area contributed by atoms with Crippen LogP contribution in [-0.4, -0.2) is 50.9 Å². The molecule has 4 rings (SSSR count). The van der Waals surface area contributed by atoms with Crippen molar-refractivity contribution in [1.82, 2.24) is 19.8 Å². The smallest absolute Gasteiger partial charge is 0.359 e. The number of carbonyl (C=O) groups is 3. The molecule has 0 unspecified atom stereocenters. The standard InChI is InChI=1S/C24H29ClN4O4/c1-24(23(32)27-17-10-5-3-4-6-11-17)14-28-15-26-19(22(31)33-2)20(28)21(30)29(24)13-16-9-7-8-12-18(16)25/h7-9,12,15,17H,3-6,10-11,13-14H2,1-2H3,(H,27,32)/t24-/m0/s1. The number of nitrogens with zero attached hydrogens (tertiary/aromatic N) is 3. The van der Waals surface area contributed by atoms with Crippen molar-refractivity contribution in [3.05, 3.63) is 52.6 Å². The second-order valence-electron chi connectivity index (χ2n) is 8.98. The van der Waals surface area contributed by atoms with Crippen molar-refractivity contribution < 1.29 is 19.1 Å². The zero-order chi connectivity index (χ0) is 23.6. The first kappa shape index (κ1) is 23.3. The molecule has 1 aliphatic carbocycles. The molecule has 0 spiro atoms. The van der Waals surface area contributed by atoms with Gasteiger partial charge in [0.1, 0.15) is 11.2 Å². The minimum absolute atomic E-state index is 0.0575. The zero-order valence-electron chi connectivity index (χ0n) is 19.0. The molecule has 1 aliphatic heterocycles. The van der Waals surface area contributed by atoms with E-state index in [-0.39, 0.29) is 36.4 Å². The first-order chi connectivity index (χ1) is 15.8. The summed E-state index contributed by atoms with van der Waals surface area (Å²) in [5, 5.41) is 3.70. The predicted molar refractivity (Wildman–Crippen MR) is 123 cm³/mol. The van der Waals surface area contributed by atoms with Crippen molar-refractivity contribution in [3.63, 3.8) is 0 Å². The maximum Gasteiger partial charge on any atom is 0.359 e. The number of hydrogen-bond acceptors (Lipinski definition) is 5. The Morgan fingerprint density at radius 3 is 2.58 bits per heavy atom. The summed E-state index contributed by atoms with van der Waals surface area (Å²) < 4.78 is 6.38. The molecular formula is C24H29ClN4O4. The maximum absolute atomic E-state index is 13.7. The van der Waals surface area contributed by atoms with Crippen LogP contribution in [-0.2, 0) is 22.6 Å². The number of imidazole rings is 1. The molecule has 1 saturated carbocycles. The SMILES string of the molecule is COC(=O)c1ncn2c1C(=O)N(Cc1ccccc1Cl)[C@](C)(C(=O)NC1CCCCCC1)C2. The number of esters is 1. The van der Waals surface area contributed by atoms with Crippen LogP contribution in [0.4, 0.5) is 0 Å². The highest BCUT2D eigenvalue weighted by atomic mass is 35.5. The number of fused-ring (bicyclic) bond motifs is 1. The number of methoxy groups -OCH3 is 1. The quantitative estimate of drug-likeness (QED) is 0.530. The van der Waals surface area contributed by atoms with E-state index in [1.165, 1.54) is 31.2 Å². The van der Waals surface area contributed by atoms with Crippen LogP contribution in [0.2, 0.25) is 5.02 Å². The Bertz CT molecular complexity index is 1060. The molecule has 2 aromatic rings. The molecule has 1 atom stereocenters. The van der Waals surface area contributed by atoms with E-state index in [0.29, 0.717) is 10.6 Å². The van der Waals surface area contributed by atoms with Crippen LogP contribution in [0.1, 0.15) is 72.0 Å². The molecule has 0 radical (unpaired) electrons. The highest BCUT2D eigenvalue weighted by Gasteiger charge is 2.49. The summed E-state index contributed by atoms with van der Waals surface area (Å²) in [6, 6.07) is 7.31. The molecule has 2 amide bonds. The van der Waals surface area contributed by atoms with Gasteiger partial charge in [0.05, 0.1) is 20.0 Å². The molecule has 33 heavy (non-hydrogen) atoms. The summed E-state index contributed by atoms with van der Waals surface area (Å²) >= 11 is 6.39. The molecule has 1 N–H and O–H groups in total. The zero-order valence-corrected chi connectivity index (χ0v) is 19.7. The van der Waals surface area contributed by atoms with Crippen molar-refractivity contribution >= 4 is 29.4 Å². The van der Waals surface area contributed by atoms with Crippen LogP contribution in [0.15, 0.2) is 30.6 Å². The van der Waals surface area contributed by atoms with Crippen LogP contribution >= 0.6 is 11.6 Å². The summed E-state index contributed by atoms with van der Waals surface area (Å²) in [7, 11) is 1.24. The molecule has 1 fully saturated rings. The number of benzene rings is 1. The molecule has 8 nitrogen and oxygen atoms in total. The first-order valence-corrected chi connectivity index (χ1v) is 11.7. The first-order valence-electron chi connectivity index (χ1n) is 11.3. The lowest BCUT2D eigenvalue weighted by atomic mass is 9.92. The number of amides is 2. The number of halogens is 1. The van der Waals surface area contributed by atoms with Crippen molar-refractivity contribution in [2.24, 2.45) is 0 Å². The maximum atomic E-state index is 13.7. The van der Waals surface area contributed by atoms with Gasteiger partial charge in [0.25, 0.3) is 5.91 Å².